The Morgan fingerprint density at radius 3 is 2.35 bits per heavy atom. The van der Waals surface area contributed by atoms with Crippen LogP contribution in [0.1, 0.15) is 20.8 Å². The Kier molecular flexibility index (Phi) is 3.33. The lowest BCUT2D eigenvalue weighted by molar-refractivity contribution is -0.120. The van der Waals surface area contributed by atoms with Gasteiger partial charge in [-0.3, -0.25) is 4.79 Å². The molecular formula is C13H15BrN2O. The summed E-state index contributed by atoms with van der Waals surface area (Å²) in [4.78, 5) is 12.2. The van der Waals surface area contributed by atoms with Crippen LogP contribution in [0.3, 0.4) is 0 Å². The van der Waals surface area contributed by atoms with E-state index in [0.717, 1.165) is 15.9 Å². The van der Waals surface area contributed by atoms with Gasteiger partial charge < -0.3 is 0 Å². The van der Waals surface area contributed by atoms with Gasteiger partial charge in [-0.25, -0.2) is 5.01 Å². The first-order valence-electron chi connectivity index (χ1n) is 5.65. The maximum absolute atomic E-state index is 12.2. The first kappa shape index (κ1) is 12.3. The minimum Gasteiger partial charge on any atom is -0.272 e. The maximum atomic E-state index is 12.2. The molecule has 0 aromatic heterocycles. The average Bonchev–Trinajstić information content (AvgIpc) is 2.55. The van der Waals surface area contributed by atoms with Crippen molar-refractivity contribution in [2.24, 2.45) is 16.9 Å². The first-order valence-corrected chi connectivity index (χ1v) is 6.44. The third-order valence-electron chi connectivity index (χ3n) is 2.92. The highest BCUT2D eigenvalue weighted by atomic mass is 79.9. The van der Waals surface area contributed by atoms with Gasteiger partial charge in [0.2, 0.25) is 0 Å². The molecule has 1 unspecified atom stereocenters. The molecule has 90 valence electrons. The van der Waals surface area contributed by atoms with Crippen molar-refractivity contribution < 1.29 is 4.79 Å². The molecule has 0 N–H and O–H groups in total. The van der Waals surface area contributed by atoms with E-state index in [1.807, 2.05) is 45.0 Å². The van der Waals surface area contributed by atoms with E-state index in [1.165, 1.54) is 5.01 Å². The number of rotatable bonds is 2. The van der Waals surface area contributed by atoms with Gasteiger partial charge in [0.1, 0.15) is 0 Å². The van der Waals surface area contributed by atoms with Crippen LogP contribution in [0.2, 0.25) is 0 Å². The fourth-order valence-electron chi connectivity index (χ4n) is 2.11. The normalized spacial score (nSPS) is 20.1. The summed E-state index contributed by atoms with van der Waals surface area (Å²) in [6, 6.07) is 7.61. The third kappa shape index (κ3) is 2.27. The molecule has 1 amide bonds. The highest BCUT2D eigenvalue weighted by Crippen LogP contribution is 2.28. The Bertz CT molecular complexity index is 465. The number of nitrogens with zero attached hydrogens (tertiary/aromatic N) is 2. The minimum absolute atomic E-state index is 0.0693. The molecule has 1 aliphatic heterocycles. The Morgan fingerprint density at radius 2 is 1.88 bits per heavy atom. The van der Waals surface area contributed by atoms with Crippen molar-refractivity contribution in [3.63, 3.8) is 0 Å². The molecule has 1 aromatic carbocycles. The van der Waals surface area contributed by atoms with Crippen molar-refractivity contribution in [1.29, 1.82) is 0 Å². The molecular weight excluding hydrogens is 280 g/mol. The lowest BCUT2D eigenvalue weighted by Gasteiger charge is -2.16. The number of hydrogen-bond donors (Lipinski definition) is 0. The van der Waals surface area contributed by atoms with Gasteiger partial charge in [-0.2, -0.15) is 5.10 Å². The molecule has 1 atom stereocenters. The Balaban J connectivity index is 2.31. The standard InChI is InChI=1S/C13H15BrN2O/c1-8(2)12-9(3)15-16(13(12)17)11-6-4-10(14)5-7-11/h4-8,12H,1-3H3. The van der Waals surface area contributed by atoms with Crippen molar-refractivity contribution in [1.82, 2.24) is 0 Å². The second kappa shape index (κ2) is 4.61. The molecule has 0 radical (unpaired) electrons. The third-order valence-corrected chi connectivity index (χ3v) is 3.45. The van der Waals surface area contributed by atoms with Gasteiger partial charge in [-0.1, -0.05) is 29.8 Å². The summed E-state index contributed by atoms with van der Waals surface area (Å²) in [5, 5.41) is 5.86. The van der Waals surface area contributed by atoms with E-state index in [2.05, 4.69) is 21.0 Å². The number of hydrazone groups is 1. The number of benzene rings is 1. The fraction of sp³-hybridized carbons (Fsp3) is 0.385. The summed E-state index contributed by atoms with van der Waals surface area (Å²) >= 11 is 3.38. The topological polar surface area (TPSA) is 32.7 Å². The van der Waals surface area contributed by atoms with Crippen LogP contribution in [0.5, 0.6) is 0 Å². The Morgan fingerprint density at radius 1 is 1.29 bits per heavy atom. The molecule has 1 aromatic rings. The molecule has 0 saturated carbocycles. The van der Waals surface area contributed by atoms with E-state index >= 15 is 0 Å². The smallest absolute Gasteiger partial charge is 0.256 e. The molecule has 0 spiro atoms. The SMILES string of the molecule is CC1=NN(c2ccc(Br)cc2)C(=O)C1C(C)C. The number of anilines is 1. The van der Waals surface area contributed by atoms with Crippen molar-refractivity contribution in [3.8, 4) is 0 Å². The van der Waals surface area contributed by atoms with Crippen LogP contribution in [0, 0.1) is 11.8 Å². The Hall–Kier alpha value is -1.16. The summed E-state index contributed by atoms with van der Waals surface area (Å²) < 4.78 is 0.994. The maximum Gasteiger partial charge on any atom is 0.256 e. The van der Waals surface area contributed by atoms with Gasteiger partial charge >= 0.3 is 0 Å². The van der Waals surface area contributed by atoms with Crippen molar-refractivity contribution in [2.75, 3.05) is 5.01 Å². The average molecular weight is 295 g/mol. The van der Waals surface area contributed by atoms with Gasteiger partial charge in [0.25, 0.3) is 5.91 Å². The van der Waals surface area contributed by atoms with Crippen molar-refractivity contribution in [2.45, 2.75) is 20.8 Å². The van der Waals surface area contributed by atoms with E-state index in [-0.39, 0.29) is 17.7 Å². The highest BCUT2D eigenvalue weighted by Gasteiger charge is 2.36. The van der Waals surface area contributed by atoms with E-state index in [0.29, 0.717) is 0 Å². The van der Waals surface area contributed by atoms with Gasteiger partial charge in [0.05, 0.1) is 11.6 Å². The van der Waals surface area contributed by atoms with E-state index in [4.69, 9.17) is 0 Å². The molecule has 0 bridgehead atoms. The van der Waals surface area contributed by atoms with Crippen LogP contribution in [0.4, 0.5) is 5.69 Å². The van der Waals surface area contributed by atoms with E-state index in [1.54, 1.807) is 0 Å². The largest absolute Gasteiger partial charge is 0.272 e. The zero-order chi connectivity index (χ0) is 12.6. The summed E-state index contributed by atoms with van der Waals surface area (Å²) in [5.41, 5.74) is 1.72. The quantitative estimate of drug-likeness (QED) is 0.822. The Labute approximate surface area is 110 Å². The number of amides is 1. The number of hydrogen-bond acceptors (Lipinski definition) is 2. The minimum atomic E-state index is -0.0846. The summed E-state index contributed by atoms with van der Waals surface area (Å²) in [5.74, 6) is 0.269. The lowest BCUT2D eigenvalue weighted by Crippen LogP contribution is -2.30. The van der Waals surface area contributed by atoms with Crippen LogP contribution >= 0.6 is 15.9 Å². The molecule has 0 saturated heterocycles. The summed E-state index contributed by atoms with van der Waals surface area (Å²) in [7, 11) is 0. The highest BCUT2D eigenvalue weighted by molar-refractivity contribution is 9.10. The fourth-order valence-corrected chi connectivity index (χ4v) is 2.38. The first-order chi connectivity index (χ1) is 8.00. The lowest BCUT2D eigenvalue weighted by atomic mass is 9.92. The van der Waals surface area contributed by atoms with E-state index in [9.17, 15) is 4.79 Å². The number of halogens is 1. The molecule has 0 aliphatic carbocycles. The van der Waals surface area contributed by atoms with Crippen molar-refractivity contribution in [3.05, 3.63) is 28.7 Å². The van der Waals surface area contributed by atoms with Crippen LogP contribution in [0.25, 0.3) is 0 Å². The molecule has 1 aliphatic rings. The van der Waals surface area contributed by atoms with Gasteiger partial charge in [-0.15, -0.1) is 0 Å². The zero-order valence-electron chi connectivity index (χ0n) is 10.1. The predicted octanol–water partition coefficient (Wildman–Crippen LogP) is 3.44. The van der Waals surface area contributed by atoms with Crippen LogP contribution in [0.15, 0.2) is 33.8 Å². The molecule has 3 nitrogen and oxygen atoms in total. The van der Waals surface area contributed by atoms with Crippen LogP contribution in [-0.4, -0.2) is 11.6 Å². The zero-order valence-corrected chi connectivity index (χ0v) is 11.7. The summed E-state index contributed by atoms with van der Waals surface area (Å²) in [6.07, 6.45) is 0. The van der Waals surface area contributed by atoms with Gasteiger partial charge in [0.15, 0.2) is 0 Å². The van der Waals surface area contributed by atoms with Crippen LogP contribution in [-0.2, 0) is 4.79 Å². The van der Waals surface area contributed by atoms with E-state index < -0.39 is 0 Å². The molecule has 0 fully saturated rings. The number of carbonyl (C=O) groups excluding carboxylic acids is 1. The summed E-state index contributed by atoms with van der Waals surface area (Å²) in [6.45, 7) is 6.01. The van der Waals surface area contributed by atoms with Crippen LogP contribution < -0.4 is 5.01 Å². The molecule has 1 heterocycles. The van der Waals surface area contributed by atoms with Gasteiger partial charge in [-0.05, 0) is 37.1 Å². The predicted molar refractivity (Wildman–Crippen MR) is 73.1 cm³/mol. The second-order valence-electron chi connectivity index (χ2n) is 4.59. The van der Waals surface area contributed by atoms with Crippen molar-refractivity contribution >= 4 is 33.2 Å². The molecule has 17 heavy (non-hydrogen) atoms. The second-order valence-corrected chi connectivity index (χ2v) is 5.51. The monoisotopic (exact) mass is 294 g/mol. The molecule has 4 heteroatoms. The number of carbonyl (C=O) groups is 1. The van der Waals surface area contributed by atoms with Gasteiger partial charge in [0, 0.05) is 10.2 Å². The molecule has 2 rings (SSSR count).